The highest BCUT2D eigenvalue weighted by molar-refractivity contribution is 6.07. The Kier molecular flexibility index (Phi) is 5.57. The van der Waals surface area contributed by atoms with Crippen LogP contribution in [0.5, 0.6) is 0 Å². The first-order valence-corrected chi connectivity index (χ1v) is 5.26. The summed E-state index contributed by atoms with van der Waals surface area (Å²) in [5.41, 5.74) is 5.37. The zero-order valence-electron chi connectivity index (χ0n) is 10.1. The third-order valence-electron chi connectivity index (χ3n) is 2.43. The molecular formula is C10H18ClN3O3. The van der Waals surface area contributed by atoms with Crippen molar-refractivity contribution in [2.75, 3.05) is 0 Å². The summed E-state index contributed by atoms with van der Waals surface area (Å²) in [4.78, 5) is 35.8. The van der Waals surface area contributed by atoms with Crippen LogP contribution >= 0.6 is 12.4 Å². The summed E-state index contributed by atoms with van der Waals surface area (Å²) in [5, 5.41) is 2.47. The van der Waals surface area contributed by atoms with E-state index in [2.05, 4.69) is 5.32 Å². The van der Waals surface area contributed by atoms with Crippen molar-refractivity contribution in [1.29, 1.82) is 0 Å². The summed E-state index contributed by atoms with van der Waals surface area (Å²) in [6.07, 6.45) is 0.0233. The van der Waals surface area contributed by atoms with Crippen LogP contribution in [0.1, 0.15) is 27.2 Å². The predicted octanol–water partition coefficient (Wildman–Crippen LogP) is -0.592. The van der Waals surface area contributed by atoms with Gasteiger partial charge in [0.25, 0.3) is 5.91 Å². The Labute approximate surface area is 106 Å². The van der Waals surface area contributed by atoms with Crippen molar-refractivity contribution >= 4 is 30.1 Å². The van der Waals surface area contributed by atoms with E-state index < -0.39 is 18.0 Å². The van der Waals surface area contributed by atoms with Gasteiger partial charge in [-0.15, -0.1) is 12.4 Å². The molecule has 0 aromatic carbocycles. The van der Waals surface area contributed by atoms with E-state index in [1.807, 2.05) is 0 Å². The van der Waals surface area contributed by atoms with E-state index in [1.54, 1.807) is 13.8 Å². The first-order valence-electron chi connectivity index (χ1n) is 5.26. The number of carbonyl (C=O) groups excluding carboxylic acids is 3. The Balaban J connectivity index is 0.00000256. The lowest BCUT2D eigenvalue weighted by Gasteiger charge is -2.19. The second-order valence-corrected chi connectivity index (χ2v) is 4.25. The summed E-state index contributed by atoms with van der Waals surface area (Å²) in [6.45, 7) is 5.04. The van der Waals surface area contributed by atoms with Gasteiger partial charge in [-0.25, -0.2) is 0 Å². The van der Waals surface area contributed by atoms with Gasteiger partial charge in [0, 0.05) is 6.04 Å². The second kappa shape index (κ2) is 5.97. The second-order valence-electron chi connectivity index (χ2n) is 4.25. The molecule has 1 rings (SSSR count). The fourth-order valence-corrected chi connectivity index (χ4v) is 1.61. The van der Waals surface area contributed by atoms with Gasteiger partial charge in [-0.3, -0.25) is 19.3 Å². The Morgan fingerprint density at radius 2 is 1.94 bits per heavy atom. The van der Waals surface area contributed by atoms with Gasteiger partial charge < -0.3 is 11.1 Å². The lowest BCUT2D eigenvalue weighted by atomic mass is 10.2. The number of nitrogens with one attached hydrogen (secondary N) is 1. The molecule has 1 fully saturated rings. The average molecular weight is 264 g/mol. The van der Waals surface area contributed by atoms with Gasteiger partial charge in [0.2, 0.25) is 11.8 Å². The van der Waals surface area contributed by atoms with Crippen molar-refractivity contribution in [1.82, 2.24) is 10.2 Å². The van der Waals surface area contributed by atoms with Crippen LogP contribution in [0.15, 0.2) is 0 Å². The molecule has 7 heteroatoms. The van der Waals surface area contributed by atoms with E-state index in [4.69, 9.17) is 5.73 Å². The maximum Gasteiger partial charge on any atom is 0.252 e. The van der Waals surface area contributed by atoms with Crippen LogP contribution in [0.2, 0.25) is 0 Å². The van der Waals surface area contributed by atoms with Crippen molar-refractivity contribution in [2.24, 2.45) is 5.73 Å². The van der Waals surface area contributed by atoms with Crippen molar-refractivity contribution in [3.05, 3.63) is 0 Å². The first kappa shape index (κ1) is 15.9. The molecule has 0 saturated carbocycles. The van der Waals surface area contributed by atoms with Crippen molar-refractivity contribution in [2.45, 2.75) is 45.3 Å². The fourth-order valence-electron chi connectivity index (χ4n) is 1.61. The van der Waals surface area contributed by atoms with Gasteiger partial charge in [0.15, 0.2) is 0 Å². The number of amides is 3. The molecule has 17 heavy (non-hydrogen) atoms. The quantitative estimate of drug-likeness (QED) is 0.666. The normalized spacial score (nSPS) is 21.5. The fraction of sp³-hybridized carbons (Fsp3) is 0.700. The third-order valence-corrected chi connectivity index (χ3v) is 2.43. The van der Waals surface area contributed by atoms with Gasteiger partial charge in [0.1, 0.15) is 6.04 Å². The topological polar surface area (TPSA) is 92.5 Å². The molecule has 6 nitrogen and oxygen atoms in total. The van der Waals surface area contributed by atoms with Crippen LogP contribution in [-0.4, -0.2) is 40.7 Å². The third kappa shape index (κ3) is 3.41. The molecule has 0 aromatic heterocycles. The van der Waals surface area contributed by atoms with E-state index in [9.17, 15) is 14.4 Å². The summed E-state index contributed by atoms with van der Waals surface area (Å²) in [5.74, 6) is -1.03. The highest BCUT2D eigenvalue weighted by Gasteiger charge is 2.40. The van der Waals surface area contributed by atoms with Crippen molar-refractivity contribution < 1.29 is 14.4 Å². The molecule has 2 atom stereocenters. The minimum absolute atomic E-state index is 0. The number of carbonyl (C=O) groups is 3. The molecule has 0 radical (unpaired) electrons. The Hall–Kier alpha value is -1.14. The molecule has 0 spiro atoms. The standard InChI is InChI=1S/C10H17N3O3.ClH/c1-5(2)13-8(14)4-7(10(13)16)12-9(15)6(3)11;/h5-7H,4,11H2,1-3H3,(H,12,15);1H/t6-,7?;/m0./s1. The summed E-state index contributed by atoms with van der Waals surface area (Å²) >= 11 is 0. The van der Waals surface area contributed by atoms with Gasteiger partial charge >= 0.3 is 0 Å². The predicted molar refractivity (Wildman–Crippen MR) is 64.4 cm³/mol. The van der Waals surface area contributed by atoms with Crippen LogP contribution < -0.4 is 11.1 Å². The van der Waals surface area contributed by atoms with Gasteiger partial charge in [-0.1, -0.05) is 0 Å². The monoisotopic (exact) mass is 263 g/mol. The van der Waals surface area contributed by atoms with E-state index >= 15 is 0 Å². The van der Waals surface area contributed by atoms with E-state index in [0.717, 1.165) is 0 Å². The molecule has 1 unspecified atom stereocenters. The highest BCUT2D eigenvalue weighted by atomic mass is 35.5. The minimum atomic E-state index is -0.756. The zero-order valence-corrected chi connectivity index (χ0v) is 10.9. The van der Waals surface area contributed by atoms with Crippen LogP contribution in [0.4, 0.5) is 0 Å². The molecule has 1 aliphatic heterocycles. The van der Waals surface area contributed by atoms with E-state index in [-0.39, 0.29) is 36.7 Å². The van der Waals surface area contributed by atoms with Crippen LogP contribution in [-0.2, 0) is 14.4 Å². The summed E-state index contributed by atoms with van der Waals surface area (Å²) in [7, 11) is 0. The van der Waals surface area contributed by atoms with Crippen molar-refractivity contribution in [3.63, 3.8) is 0 Å². The number of likely N-dealkylation sites (tertiary alicyclic amines) is 1. The number of nitrogens with two attached hydrogens (primary N) is 1. The largest absolute Gasteiger partial charge is 0.342 e. The Morgan fingerprint density at radius 1 is 1.41 bits per heavy atom. The van der Waals surface area contributed by atoms with Crippen LogP contribution in [0.25, 0.3) is 0 Å². The molecule has 98 valence electrons. The molecule has 1 heterocycles. The molecule has 3 N–H and O–H groups in total. The Morgan fingerprint density at radius 3 is 2.29 bits per heavy atom. The first-order chi connectivity index (χ1) is 7.34. The summed E-state index contributed by atoms with van der Waals surface area (Å²) < 4.78 is 0. The summed E-state index contributed by atoms with van der Waals surface area (Å²) in [6, 6.07) is -1.62. The van der Waals surface area contributed by atoms with E-state index in [1.165, 1.54) is 11.8 Å². The van der Waals surface area contributed by atoms with Gasteiger partial charge in [0.05, 0.1) is 12.5 Å². The van der Waals surface area contributed by atoms with Gasteiger partial charge in [-0.2, -0.15) is 0 Å². The van der Waals surface area contributed by atoms with Crippen molar-refractivity contribution in [3.8, 4) is 0 Å². The van der Waals surface area contributed by atoms with E-state index in [0.29, 0.717) is 0 Å². The maximum atomic E-state index is 11.8. The number of nitrogens with zero attached hydrogens (tertiary/aromatic N) is 1. The highest BCUT2D eigenvalue weighted by Crippen LogP contribution is 2.16. The smallest absolute Gasteiger partial charge is 0.252 e. The Bertz CT molecular complexity index is 331. The SMILES string of the molecule is CC(C)N1C(=O)CC(NC(=O)[C@H](C)N)C1=O.Cl. The molecule has 0 aliphatic carbocycles. The van der Waals surface area contributed by atoms with Crippen LogP contribution in [0, 0.1) is 0 Å². The lowest BCUT2D eigenvalue weighted by Crippen LogP contribution is -2.48. The van der Waals surface area contributed by atoms with Crippen LogP contribution in [0.3, 0.4) is 0 Å². The lowest BCUT2D eigenvalue weighted by molar-refractivity contribution is -0.141. The molecule has 0 aromatic rings. The molecule has 1 aliphatic rings. The molecular weight excluding hydrogens is 246 g/mol. The zero-order chi connectivity index (χ0) is 12.5. The maximum absolute atomic E-state index is 11.8. The number of imide groups is 1. The molecule has 0 bridgehead atoms. The number of rotatable bonds is 3. The number of halogens is 1. The average Bonchev–Trinajstić information content (AvgIpc) is 2.41. The molecule has 3 amide bonds. The molecule has 1 saturated heterocycles. The minimum Gasteiger partial charge on any atom is -0.342 e. The number of hydrogen-bond acceptors (Lipinski definition) is 4. The number of hydrogen-bond donors (Lipinski definition) is 2. The van der Waals surface area contributed by atoms with Gasteiger partial charge in [-0.05, 0) is 20.8 Å².